The van der Waals surface area contributed by atoms with Crippen LogP contribution in [0.15, 0.2) is 54.6 Å². The van der Waals surface area contributed by atoms with E-state index in [0.29, 0.717) is 19.6 Å². The molecule has 3 aliphatic heterocycles. The minimum Gasteiger partial charge on any atom is -0.478 e. The molecule has 0 radical (unpaired) electrons. The molecule has 7 rings (SSSR count). The highest BCUT2D eigenvalue weighted by molar-refractivity contribution is 5.92. The standard InChI is InChI=1S/C32H33N7O3/c33-18-24-4-1-3-22-9-11-38(20-26(22)24)30-6-2-5-29(35-30)37-14-12-36(13-15-37)21-31-34-27-8-7-23(32(40)41)17-28(27)39(31)19-25-10-16-42-25/h1-8,17,25H,9-16,19-21H2,(H,40,41). The zero-order valence-electron chi connectivity index (χ0n) is 23.4. The largest absolute Gasteiger partial charge is 0.478 e. The molecule has 2 aromatic heterocycles. The Morgan fingerprint density at radius 1 is 1.00 bits per heavy atom. The fourth-order valence-electron chi connectivity index (χ4n) is 6.24. The van der Waals surface area contributed by atoms with E-state index in [4.69, 9.17) is 14.7 Å². The van der Waals surface area contributed by atoms with Crippen molar-refractivity contribution in [2.75, 3.05) is 49.1 Å². The fraction of sp³-hybridized carbons (Fsp3) is 0.375. The van der Waals surface area contributed by atoms with Crippen molar-refractivity contribution < 1.29 is 14.6 Å². The van der Waals surface area contributed by atoms with Crippen molar-refractivity contribution in [1.29, 1.82) is 5.26 Å². The Morgan fingerprint density at radius 3 is 2.52 bits per heavy atom. The van der Waals surface area contributed by atoms with Gasteiger partial charge in [-0.15, -0.1) is 0 Å². The molecule has 5 heterocycles. The number of piperazine rings is 1. The molecule has 0 saturated carbocycles. The van der Waals surface area contributed by atoms with Crippen molar-refractivity contribution in [3.05, 3.63) is 82.7 Å². The Kier molecular flexibility index (Phi) is 6.98. The lowest BCUT2D eigenvalue weighted by atomic mass is 9.95. The first-order valence-electron chi connectivity index (χ1n) is 14.6. The number of carboxylic acid groups (broad SMARTS) is 1. The van der Waals surface area contributed by atoms with E-state index in [0.717, 1.165) is 91.8 Å². The number of anilines is 2. The lowest BCUT2D eigenvalue weighted by Gasteiger charge is -2.36. The maximum atomic E-state index is 11.6. The third kappa shape index (κ3) is 5.06. The van der Waals surface area contributed by atoms with Gasteiger partial charge in [0.2, 0.25) is 0 Å². The van der Waals surface area contributed by atoms with Gasteiger partial charge in [-0.3, -0.25) is 4.90 Å². The Hall–Kier alpha value is -4.46. The topological polar surface area (TPSA) is 111 Å². The van der Waals surface area contributed by atoms with Gasteiger partial charge in [-0.2, -0.15) is 5.26 Å². The second-order valence-corrected chi connectivity index (χ2v) is 11.3. The fourth-order valence-corrected chi connectivity index (χ4v) is 6.24. The molecule has 214 valence electrons. The first-order valence-corrected chi connectivity index (χ1v) is 14.6. The first-order chi connectivity index (χ1) is 20.6. The summed E-state index contributed by atoms with van der Waals surface area (Å²) in [5.74, 6) is 1.93. The highest BCUT2D eigenvalue weighted by Crippen LogP contribution is 2.28. The molecule has 4 aromatic rings. The van der Waals surface area contributed by atoms with Gasteiger partial charge >= 0.3 is 5.97 Å². The molecule has 1 atom stereocenters. The summed E-state index contributed by atoms with van der Waals surface area (Å²) in [6, 6.07) is 19.7. The predicted molar refractivity (Wildman–Crippen MR) is 159 cm³/mol. The number of pyridine rings is 1. The van der Waals surface area contributed by atoms with Gasteiger partial charge in [0.05, 0.1) is 47.4 Å². The Balaban J connectivity index is 1.04. The van der Waals surface area contributed by atoms with Gasteiger partial charge in [0.15, 0.2) is 0 Å². The monoisotopic (exact) mass is 563 g/mol. The van der Waals surface area contributed by atoms with Crippen LogP contribution < -0.4 is 9.80 Å². The number of benzene rings is 2. The van der Waals surface area contributed by atoms with E-state index in [9.17, 15) is 15.2 Å². The van der Waals surface area contributed by atoms with Crippen LogP contribution in [0.3, 0.4) is 0 Å². The van der Waals surface area contributed by atoms with Crippen LogP contribution in [0.25, 0.3) is 11.0 Å². The minimum atomic E-state index is -0.933. The van der Waals surface area contributed by atoms with E-state index in [1.165, 1.54) is 5.56 Å². The Morgan fingerprint density at radius 2 is 1.79 bits per heavy atom. The van der Waals surface area contributed by atoms with Crippen LogP contribution in [0.2, 0.25) is 0 Å². The average molecular weight is 564 g/mol. The van der Waals surface area contributed by atoms with Crippen molar-refractivity contribution in [2.24, 2.45) is 0 Å². The van der Waals surface area contributed by atoms with Crippen molar-refractivity contribution in [3.63, 3.8) is 0 Å². The van der Waals surface area contributed by atoms with E-state index in [1.54, 1.807) is 18.2 Å². The SMILES string of the molecule is N#Cc1cccc2c1CN(c1cccc(N3CCN(Cc4nc5ccc(C(=O)O)cc5n4CC4CCO4)CC3)n1)CC2. The quantitative estimate of drug-likeness (QED) is 0.360. The normalized spacial score (nSPS) is 18.9. The number of carbonyl (C=O) groups is 1. The molecule has 2 fully saturated rings. The predicted octanol–water partition coefficient (Wildman–Crippen LogP) is 3.67. The minimum absolute atomic E-state index is 0.143. The van der Waals surface area contributed by atoms with Crippen LogP contribution in [0.5, 0.6) is 0 Å². The number of hydrogen-bond acceptors (Lipinski definition) is 8. The van der Waals surface area contributed by atoms with Crippen LogP contribution in [0.1, 0.15) is 39.3 Å². The van der Waals surface area contributed by atoms with Gasteiger partial charge in [-0.25, -0.2) is 14.8 Å². The van der Waals surface area contributed by atoms with Gasteiger partial charge in [0.1, 0.15) is 17.5 Å². The molecule has 2 saturated heterocycles. The first kappa shape index (κ1) is 26.4. The summed E-state index contributed by atoms with van der Waals surface area (Å²) < 4.78 is 7.86. The maximum Gasteiger partial charge on any atom is 0.335 e. The maximum absolute atomic E-state index is 11.6. The highest BCUT2D eigenvalue weighted by Gasteiger charge is 2.26. The summed E-state index contributed by atoms with van der Waals surface area (Å²) in [4.78, 5) is 28.6. The Bertz CT molecular complexity index is 1680. The number of hydrogen-bond donors (Lipinski definition) is 1. The summed E-state index contributed by atoms with van der Waals surface area (Å²) in [6.07, 6.45) is 2.06. The number of rotatable bonds is 7. The molecule has 0 aliphatic carbocycles. The number of ether oxygens (including phenoxy) is 1. The molecule has 0 bridgehead atoms. The molecule has 10 nitrogen and oxygen atoms in total. The van der Waals surface area contributed by atoms with Gasteiger partial charge in [-0.1, -0.05) is 18.2 Å². The smallest absolute Gasteiger partial charge is 0.335 e. The number of imidazole rings is 1. The second kappa shape index (κ2) is 11.1. The van der Waals surface area contributed by atoms with E-state index < -0.39 is 5.97 Å². The van der Waals surface area contributed by atoms with Crippen molar-refractivity contribution in [3.8, 4) is 6.07 Å². The molecule has 42 heavy (non-hydrogen) atoms. The van der Waals surface area contributed by atoms with Crippen LogP contribution >= 0.6 is 0 Å². The summed E-state index contributed by atoms with van der Waals surface area (Å²) in [6.45, 7) is 7.19. The third-order valence-corrected chi connectivity index (χ3v) is 8.75. The zero-order valence-corrected chi connectivity index (χ0v) is 23.4. The Labute approximate surface area is 244 Å². The number of nitriles is 1. The van der Waals surface area contributed by atoms with Gasteiger partial charge < -0.3 is 24.2 Å². The molecule has 1 N–H and O–H groups in total. The van der Waals surface area contributed by atoms with Crippen molar-refractivity contribution in [2.45, 2.75) is 38.6 Å². The van der Waals surface area contributed by atoms with E-state index in [2.05, 4.69) is 49.6 Å². The molecule has 0 amide bonds. The third-order valence-electron chi connectivity index (χ3n) is 8.75. The highest BCUT2D eigenvalue weighted by atomic mass is 16.5. The van der Waals surface area contributed by atoms with Crippen LogP contribution in [0.4, 0.5) is 11.6 Å². The van der Waals surface area contributed by atoms with Gasteiger partial charge in [-0.05, 0) is 60.4 Å². The molecule has 2 aromatic carbocycles. The molecule has 0 spiro atoms. The van der Waals surface area contributed by atoms with Gasteiger partial charge in [0.25, 0.3) is 0 Å². The van der Waals surface area contributed by atoms with E-state index >= 15 is 0 Å². The number of aromatic carboxylic acids is 1. The lowest BCUT2D eigenvalue weighted by molar-refractivity contribution is -0.0592. The second-order valence-electron chi connectivity index (χ2n) is 11.3. The lowest BCUT2D eigenvalue weighted by Crippen LogP contribution is -2.46. The molecular weight excluding hydrogens is 530 g/mol. The molecule has 10 heteroatoms. The number of carboxylic acids is 1. The summed E-state index contributed by atoms with van der Waals surface area (Å²) >= 11 is 0. The molecule has 3 aliphatic rings. The summed E-state index contributed by atoms with van der Waals surface area (Å²) in [5.41, 5.74) is 5.06. The van der Waals surface area contributed by atoms with E-state index in [-0.39, 0.29) is 11.7 Å². The number of fused-ring (bicyclic) bond motifs is 2. The van der Waals surface area contributed by atoms with Crippen molar-refractivity contribution >= 4 is 28.6 Å². The van der Waals surface area contributed by atoms with E-state index in [1.807, 2.05) is 12.1 Å². The van der Waals surface area contributed by atoms with Crippen LogP contribution in [-0.2, 0) is 30.8 Å². The van der Waals surface area contributed by atoms with Crippen LogP contribution in [-0.4, -0.2) is 75.9 Å². The number of nitrogens with zero attached hydrogens (tertiary/aromatic N) is 7. The van der Waals surface area contributed by atoms with Crippen LogP contribution in [0, 0.1) is 11.3 Å². The summed E-state index contributed by atoms with van der Waals surface area (Å²) in [5, 5.41) is 19.1. The number of aromatic nitrogens is 3. The average Bonchev–Trinajstić information content (AvgIpc) is 3.34. The molecular formula is C32H33N7O3. The molecule has 1 unspecified atom stereocenters. The van der Waals surface area contributed by atoms with Gasteiger partial charge in [0, 0.05) is 45.9 Å². The van der Waals surface area contributed by atoms with Crippen molar-refractivity contribution in [1.82, 2.24) is 19.4 Å². The zero-order chi connectivity index (χ0) is 28.6. The summed E-state index contributed by atoms with van der Waals surface area (Å²) in [7, 11) is 0.